The van der Waals surface area contributed by atoms with Gasteiger partial charge in [0.2, 0.25) is 0 Å². The Morgan fingerprint density at radius 1 is 1.33 bits per heavy atom. The smallest absolute Gasteiger partial charge is 0.166 e. The van der Waals surface area contributed by atoms with Crippen molar-refractivity contribution >= 4 is 17.3 Å². The molecule has 0 saturated carbocycles. The minimum Gasteiger partial charge on any atom is -0.504 e. The zero-order valence-corrected chi connectivity index (χ0v) is 9.27. The van der Waals surface area contributed by atoms with Crippen molar-refractivity contribution in [2.24, 2.45) is 0 Å². The number of hydrogen-bond donors (Lipinski definition) is 4. The van der Waals surface area contributed by atoms with E-state index in [4.69, 9.17) is 17.3 Å². The van der Waals surface area contributed by atoms with E-state index in [0.717, 1.165) is 12.0 Å². The van der Waals surface area contributed by atoms with E-state index in [9.17, 15) is 5.11 Å². The summed E-state index contributed by atoms with van der Waals surface area (Å²) in [6.45, 7) is 0.684. The number of aromatic hydroxyl groups is 2. The first-order chi connectivity index (χ1) is 7.13. The van der Waals surface area contributed by atoms with Gasteiger partial charge in [0.25, 0.3) is 0 Å². The third-order valence-electron chi connectivity index (χ3n) is 1.97. The first-order valence-corrected chi connectivity index (χ1v) is 5.00. The Morgan fingerprint density at radius 3 is 2.67 bits per heavy atom. The van der Waals surface area contributed by atoms with Gasteiger partial charge in [0.05, 0.1) is 0 Å². The van der Waals surface area contributed by atoms with Gasteiger partial charge in [-0.25, -0.2) is 0 Å². The number of hydrogen-bond acceptors (Lipinski definition) is 3. The van der Waals surface area contributed by atoms with Crippen LogP contribution in [0.5, 0.6) is 11.5 Å². The van der Waals surface area contributed by atoms with Crippen LogP contribution in [0.2, 0.25) is 0 Å². The molecule has 0 aliphatic heterocycles. The summed E-state index contributed by atoms with van der Waals surface area (Å²) in [5.41, 5.74) is 0.941. The fraction of sp³-hybridized carbons (Fsp3) is 0.300. The second kappa shape index (κ2) is 5.41. The quantitative estimate of drug-likeness (QED) is 0.452. The van der Waals surface area contributed by atoms with E-state index in [0.29, 0.717) is 11.7 Å². The third-order valence-corrected chi connectivity index (χ3v) is 2.31. The molecule has 0 spiro atoms. The van der Waals surface area contributed by atoms with Crippen LogP contribution in [0.4, 0.5) is 0 Å². The fourth-order valence-corrected chi connectivity index (χ4v) is 1.24. The van der Waals surface area contributed by atoms with Crippen molar-refractivity contribution in [2.75, 3.05) is 13.6 Å². The Balaban J connectivity index is 2.44. The summed E-state index contributed by atoms with van der Waals surface area (Å²) in [7, 11) is 1.75. The predicted octanol–water partition coefficient (Wildman–Crippen LogP) is 0.734. The SMILES string of the molecule is CNC(=S)NCCc1ccc(O)c(O)c1. The van der Waals surface area contributed by atoms with Crippen molar-refractivity contribution in [1.29, 1.82) is 0 Å². The van der Waals surface area contributed by atoms with Gasteiger partial charge in [-0.05, 0) is 36.3 Å². The van der Waals surface area contributed by atoms with Gasteiger partial charge in [-0.3, -0.25) is 0 Å². The van der Waals surface area contributed by atoms with Crippen LogP contribution in [-0.2, 0) is 6.42 Å². The van der Waals surface area contributed by atoms with Crippen LogP contribution in [0, 0.1) is 0 Å². The van der Waals surface area contributed by atoms with Crippen LogP contribution in [0.3, 0.4) is 0 Å². The molecule has 5 heteroatoms. The Kier molecular flexibility index (Phi) is 4.17. The van der Waals surface area contributed by atoms with Gasteiger partial charge in [0.1, 0.15) is 0 Å². The maximum absolute atomic E-state index is 9.25. The molecule has 0 aromatic heterocycles. The summed E-state index contributed by atoms with van der Waals surface area (Å²) >= 11 is 4.91. The van der Waals surface area contributed by atoms with E-state index in [1.807, 2.05) is 0 Å². The van der Waals surface area contributed by atoms with Crippen molar-refractivity contribution in [2.45, 2.75) is 6.42 Å². The van der Waals surface area contributed by atoms with E-state index in [1.165, 1.54) is 6.07 Å². The third kappa shape index (κ3) is 3.63. The van der Waals surface area contributed by atoms with Crippen LogP contribution in [0.25, 0.3) is 0 Å². The van der Waals surface area contributed by atoms with Gasteiger partial charge in [-0.1, -0.05) is 6.07 Å². The normalized spacial score (nSPS) is 9.67. The molecular formula is C10H14N2O2S. The Bertz CT molecular complexity index is 355. The molecule has 0 fully saturated rings. The number of benzene rings is 1. The topological polar surface area (TPSA) is 64.5 Å². The Hall–Kier alpha value is -1.49. The number of rotatable bonds is 3. The summed E-state index contributed by atoms with van der Waals surface area (Å²) in [4.78, 5) is 0. The second-order valence-corrected chi connectivity index (χ2v) is 3.49. The summed E-state index contributed by atoms with van der Waals surface area (Å²) in [5.74, 6) is -0.193. The molecule has 15 heavy (non-hydrogen) atoms. The molecular weight excluding hydrogens is 212 g/mol. The van der Waals surface area contributed by atoms with Gasteiger partial charge in [0.15, 0.2) is 16.6 Å². The first kappa shape index (κ1) is 11.6. The van der Waals surface area contributed by atoms with Crippen LogP contribution in [-0.4, -0.2) is 28.9 Å². The molecule has 1 aromatic rings. The first-order valence-electron chi connectivity index (χ1n) is 4.60. The minimum atomic E-state index is -0.0996. The van der Waals surface area contributed by atoms with Crippen LogP contribution >= 0.6 is 12.2 Å². The summed E-state index contributed by atoms with van der Waals surface area (Å²) in [6.07, 6.45) is 0.732. The standard InChI is InChI=1S/C10H14N2O2S/c1-11-10(15)12-5-4-7-2-3-8(13)9(14)6-7/h2-3,6,13-14H,4-5H2,1H3,(H2,11,12,15). The predicted molar refractivity (Wildman–Crippen MR) is 63.1 cm³/mol. The number of thiocarbonyl (C=S) groups is 1. The monoisotopic (exact) mass is 226 g/mol. The van der Waals surface area contributed by atoms with E-state index < -0.39 is 0 Å². The number of phenols is 2. The second-order valence-electron chi connectivity index (χ2n) is 3.08. The molecule has 82 valence electrons. The molecule has 1 aromatic carbocycles. The molecule has 0 radical (unpaired) electrons. The van der Waals surface area contributed by atoms with Crippen molar-refractivity contribution in [3.63, 3.8) is 0 Å². The molecule has 0 saturated heterocycles. The number of nitrogens with one attached hydrogen (secondary N) is 2. The van der Waals surface area contributed by atoms with Gasteiger partial charge >= 0.3 is 0 Å². The minimum absolute atomic E-state index is 0.0938. The van der Waals surface area contributed by atoms with Gasteiger partial charge in [0, 0.05) is 13.6 Å². The van der Waals surface area contributed by atoms with E-state index in [1.54, 1.807) is 19.2 Å². The Labute approximate surface area is 93.9 Å². The molecule has 0 amide bonds. The average molecular weight is 226 g/mol. The molecule has 0 aliphatic rings. The maximum Gasteiger partial charge on any atom is 0.166 e. The highest BCUT2D eigenvalue weighted by atomic mass is 32.1. The van der Waals surface area contributed by atoms with Gasteiger partial charge in [-0.15, -0.1) is 0 Å². The summed E-state index contributed by atoms with van der Waals surface area (Å²) in [5, 5.41) is 24.7. The lowest BCUT2D eigenvalue weighted by atomic mass is 10.1. The van der Waals surface area contributed by atoms with Crippen LogP contribution in [0.15, 0.2) is 18.2 Å². The lowest BCUT2D eigenvalue weighted by Gasteiger charge is -2.07. The largest absolute Gasteiger partial charge is 0.504 e. The average Bonchev–Trinajstić information content (AvgIpc) is 2.23. The zero-order chi connectivity index (χ0) is 11.3. The molecule has 4 nitrogen and oxygen atoms in total. The van der Waals surface area contributed by atoms with Crippen LogP contribution in [0.1, 0.15) is 5.56 Å². The maximum atomic E-state index is 9.25. The van der Waals surface area contributed by atoms with Crippen molar-refractivity contribution in [3.8, 4) is 11.5 Å². The van der Waals surface area contributed by atoms with Crippen molar-refractivity contribution in [1.82, 2.24) is 10.6 Å². The molecule has 0 aliphatic carbocycles. The van der Waals surface area contributed by atoms with Gasteiger partial charge < -0.3 is 20.8 Å². The molecule has 1 rings (SSSR count). The van der Waals surface area contributed by atoms with E-state index in [2.05, 4.69) is 10.6 Å². The molecule has 0 heterocycles. The van der Waals surface area contributed by atoms with E-state index in [-0.39, 0.29) is 11.5 Å². The van der Waals surface area contributed by atoms with Gasteiger partial charge in [-0.2, -0.15) is 0 Å². The zero-order valence-electron chi connectivity index (χ0n) is 8.45. The lowest BCUT2D eigenvalue weighted by Crippen LogP contribution is -2.33. The highest BCUT2D eigenvalue weighted by Gasteiger charge is 2.00. The molecule has 4 N–H and O–H groups in total. The Morgan fingerprint density at radius 2 is 2.07 bits per heavy atom. The number of phenolic OH excluding ortho intramolecular Hbond substituents is 2. The van der Waals surface area contributed by atoms with Crippen molar-refractivity contribution in [3.05, 3.63) is 23.8 Å². The lowest BCUT2D eigenvalue weighted by molar-refractivity contribution is 0.403. The van der Waals surface area contributed by atoms with Crippen molar-refractivity contribution < 1.29 is 10.2 Å². The molecule has 0 bridgehead atoms. The van der Waals surface area contributed by atoms with Crippen LogP contribution < -0.4 is 10.6 Å². The molecule has 0 atom stereocenters. The summed E-state index contributed by atoms with van der Waals surface area (Å²) in [6, 6.07) is 4.78. The highest BCUT2D eigenvalue weighted by molar-refractivity contribution is 7.80. The summed E-state index contributed by atoms with van der Waals surface area (Å²) < 4.78 is 0. The molecule has 0 unspecified atom stereocenters. The highest BCUT2D eigenvalue weighted by Crippen LogP contribution is 2.24. The van der Waals surface area contributed by atoms with E-state index >= 15 is 0 Å². The fourth-order valence-electron chi connectivity index (χ4n) is 1.13.